The number of rotatable bonds is 4. The highest BCUT2D eigenvalue weighted by Crippen LogP contribution is 2.45. The van der Waals surface area contributed by atoms with E-state index < -0.39 is 0 Å². The van der Waals surface area contributed by atoms with E-state index >= 15 is 0 Å². The summed E-state index contributed by atoms with van der Waals surface area (Å²) in [7, 11) is 0. The summed E-state index contributed by atoms with van der Waals surface area (Å²) in [6.07, 6.45) is 2.23. The first kappa shape index (κ1) is 15.3. The molecule has 1 aliphatic heterocycles. The highest BCUT2D eigenvalue weighted by Gasteiger charge is 2.43. The van der Waals surface area contributed by atoms with E-state index in [9.17, 15) is 0 Å². The SMILES string of the molecule is CCNC1(c2nc(CC)c(C)s2)CSCC(C)(C)C1. The third-order valence-corrected chi connectivity index (χ3v) is 6.67. The Kier molecular flexibility index (Phi) is 4.63. The van der Waals surface area contributed by atoms with Crippen molar-refractivity contribution in [3.8, 4) is 0 Å². The number of aromatic nitrogens is 1. The van der Waals surface area contributed by atoms with Gasteiger partial charge in [-0.05, 0) is 37.5 Å². The Labute approximate surface area is 125 Å². The van der Waals surface area contributed by atoms with E-state index in [0.717, 1.165) is 18.7 Å². The van der Waals surface area contributed by atoms with Crippen molar-refractivity contribution in [3.63, 3.8) is 0 Å². The largest absolute Gasteiger partial charge is 0.305 e. The van der Waals surface area contributed by atoms with E-state index in [4.69, 9.17) is 4.98 Å². The zero-order valence-electron chi connectivity index (χ0n) is 12.8. The minimum absolute atomic E-state index is 0.0873. The first-order valence-corrected chi connectivity index (χ1v) is 9.19. The average molecular weight is 299 g/mol. The number of thiazole rings is 1. The van der Waals surface area contributed by atoms with Crippen LogP contribution in [-0.2, 0) is 12.0 Å². The Bertz CT molecular complexity index is 435. The molecule has 1 unspecified atom stereocenters. The lowest BCUT2D eigenvalue weighted by Crippen LogP contribution is -2.50. The molecule has 19 heavy (non-hydrogen) atoms. The van der Waals surface area contributed by atoms with Crippen LogP contribution in [0.4, 0.5) is 0 Å². The molecule has 0 radical (unpaired) electrons. The fourth-order valence-corrected chi connectivity index (χ4v) is 5.75. The third kappa shape index (κ3) is 3.17. The van der Waals surface area contributed by atoms with Crippen molar-refractivity contribution in [2.45, 2.75) is 53.0 Å². The summed E-state index contributed by atoms with van der Waals surface area (Å²) in [6, 6.07) is 0. The van der Waals surface area contributed by atoms with Crippen molar-refractivity contribution < 1.29 is 0 Å². The van der Waals surface area contributed by atoms with Gasteiger partial charge in [0, 0.05) is 10.6 Å². The van der Waals surface area contributed by atoms with Crippen LogP contribution in [0.25, 0.3) is 0 Å². The number of thioether (sulfide) groups is 1. The second kappa shape index (κ2) is 5.74. The van der Waals surface area contributed by atoms with E-state index in [1.54, 1.807) is 0 Å². The van der Waals surface area contributed by atoms with Crippen LogP contribution in [-0.4, -0.2) is 23.0 Å². The Morgan fingerprint density at radius 3 is 2.53 bits per heavy atom. The fourth-order valence-electron chi connectivity index (χ4n) is 3.05. The Morgan fingerprint density at radius 1 is 1.26 bits per heavy atom. The van der Waals surface area contributed by atoms with Gasteiger partial charge in [0.05, 0.1) is 11.2 Å². The lowest BCUT2D eigenvalue weighted by Gasteiger charge is -2.44. The molecule has 1 fully saturated rings. The molecule has 4 heteroatoms. The maximum Gasteiger partial charge on any atom is 0.114 e. The molecule has 0 aromatic carbocycles. The maximum atomic E-state index is 4.95. The summed E-state index contributed by atoms with van der Waals surface area (Å²) in [5.74, 6) is 2.41. The Balaban J connectivity index is 2.37. The molecule has 1 N–H and O–H groups in total. The Morgan fingerprint density at radius 2 is 2.00 bits per heavy atom. The second-order valence-corrected chi connectivity index (χ2v) is 8.51. The van der Waals surface area contributed by atoms with Crippen LogP contribution < -0.4 is 5.32 Å². The van der Waals surface area contributed by atoms with Gasteiger partial charge in [-0.15, -0.1) is 11.3 Å². The fraction of sp³-hybridized carbons (Fsp3) is 0.800. The molecule has 2 heterocycles. The van der Waals surface area contributed by atoms with Crippen LogP contribution in [0.5, 0.6) is 0 Å². The van der Waals surface area contributed by atoms with Gasteiger partial charge in [-0.2, -0.15) is 11.8 Å². The summed E-state index contributed by atoms with van der Waals surface area (Å²) >= 11 is 3.97. The van der Waals surface area contributed by atoms with Crippen LogP contribution in [0, 0.1) is 12.3 Å². The van der Waals surface area contributed by atoms with E-state index in [1.807, 2.05) is 11.3 Å². The summed E-state index contributed by atoms with van der Waals surface area (Å²) < 4.78 is 0. The van der Waals surface area contributed by atoms with Crippen molar-refractivity contribution in [3.05, 3.63) is 15.6 Å². The molecule has 0 bridgehead atoms. The molecule has 1 aliphatic rings. The summed E-state index contributed by atoms with van der Waals surface area (Å²) in [4.78, 5) is 6.34. The highest BCUT2D eigenvalue weighted by atomic mass is 32.2. The van der Waals surface area contributed by atoms with Crippen molar-refractivity contribution >= 4 is 23.1 Å². The van der Waals surface area contributed by atoms with Crippen LogP contribution in [0.15, 0.2) is 0 Å². The van der Waals surface area contributed by atoms with Gasteiger partial charge in [-0.25, -0.2) is 4.98 Å². The van der Waals surface area contributed by atoms with E-state index in [1.165, 1.54) is 27.8 Å². The summed E-state index contributed by atoms with van der Waals surface area (Å²) in [5, 5.41) is 5.07. The molecule has 1 saturated heterocycles. The zero-order valence-corrected chi connectivity index (χ0v) is 14.4. The number of aryl methyl sites for hydroxylation is 2. The zero-order chi connectivity index (χ0) is 14.1. The van der Waals surface area contributed by atoms with Crippen molar-refractivity contribution in [1.82, 2.24) is 10.3 Å². The van der Waals surface area contributed by atoms with Gasteiger partial charge in [-0.1, -0.05) is 27.7 Å². The third-order valence-electron chi connectivity index (χ3n) is 3.77. The van der Waals surface area contributed by atoms with Gasteiger partial charge in [0.25, 0.3) is 0 Å². The predicted molar refractivity (Wildman–Crippen MR) is 87.3 cm³/mol. The van der Waals surface area contributed by atoms with Crippen molar-refractivity contribution in [2.24, 2.45) is 5.41 Å². The Hall–Kier alpha value is -0.0600. The summed E-state index contributed by atoms with van der Waals surface area (Å²) in [5.41, 5.74) is 1.76. The number of hydrogen-bond acceptors (Lipinski definition) is 4. The molecule has 1 aromatic rings. The van der Waals surface area contributed by atoms with Gasteiger partial charge in [-0.3, -0.25) is 0 Å². The van der Waals surface area contributed by atoms with E-state index in [-0.39, 0.29) is 5.54 Å². The van der Waals surface area contributed by atoms with Crippen LogP contribution >= 0.6 is 23.1 Å². The normalized spacial score (nSPS) is 26.6. The molecule has 1 aromatic heterocycles. The minimum atomic E-state index is 0.0873. The summed E-state index contributed by atoms with van der Waals surface area (Å²) in [6.45, 7) is 12.4. The minimum Gasteiger partial charge on any atom is -0.305 e. The van der Waals surface area contributed by atoms with Crippen molar-refractivity contribution in [2.75, 3.05) is 18.1 Å². The lowest BCUT2D eigenvalue weighted by molar-refractivity contribution is 0.227. The molecule has 2 nitrogen and oxygen atoms in total. The van der Waals surface area contributed by atoms with E-state index in [0.29, 0.717) is 5.41 Å². The van der Waals surface area contributed by atoms with Crippen LogP contribution in [0.2, 0.25) is 0 Å². The van der Waals surface area contributed by atoms with Crippen LogP contribution in [0.1, 0.15) is 49.7 Å². The molecule has 0 aliphatic carbocycles. The monoisotopic (exact) mass is 298 g/mol. The van der Waals surface area contributed by atoms with Crippen molar-refractivity contribution in [1.29, 1.82) is 0 Å². The quantitative estimate of drug-likeness (QED) is 0.910. The molecular weight excluding hydrogens is 272 g/mol. The van der Waals surface area contributed by atoms with Crippen LogP contribution in [0.3, 0.4) is 0 Å². The molecule has 1 atom stereocenters. The highest BCUT2D eigenvalue weighted by molar-refractivity contribution is 7.99. The van der Waals surface area contributed by atoms with Gasteiger partial charge in [0.15, 0.2) is 0 Å². The van der Waals surface area contributed by atoms with E-state index in [2.05, 4.69) is 51.7 Å². The maximum absolute atomic E-state index is 4.95. The van der Waals surface area contributed by atoms with Gasteiger partial charge < -0.3 is 5.32 Å². The predicted octanol–water partition coefficient (Wildman–Crippen LogP) is 3.98. The molecule has 0 spiro atoms. The number of nitrogens with zero attached hydrogens (tertiary/aromatic N) is 1. The topological polar surface area (TPSA) is 24.9 Å². The molecule has 2 rings (SSSR count). The molecule has 108 valence electrons. The molecular formula is C15H26N2S2. The number of hydrogen-bond donors (Lipinski definition) is 1. The average Bonchev–Trinajstić information content (AvgIpc) is 2.70. The first-order valence-electron chi connectivity index (χ1n) is 7.22. The molecule has 0 saturated carbocycles. The second-order valence-electron chi connectivity index (χ2n) is 6.32. The smallest absolute Gasteiger partial charge is 0.114 e. The van der Waals surface area contributed by atoms with Gasteiger partial charge in [0.2, 0.25) is 0 Å². The standard InChI is InChI=1S/C15H26N2S2/c1-6-12-11(3)19-13(17-12)15(16-7-2)8-14(4,5)9-18-10-15/h16H,6-10H2,1-5H3. The van der Waals surface area contributed by atoms with Gasteiger partial charge in [0.1, 0.15) is 5.01 Å². The number of nitrogens with one attached hydrogen (secondary N) is 1. The first-order chi connectivity index (χ1) is 8.92. The van der Waals surface area contributed by atoms with Gasteiger partial charge >= 0.3 is 0 Å². The lowest BCUT2D eigenvalue weighted by atomic mass is 9.80. The molecule has 0 amide bonds.